The fraction of sp³-hybridized carbons (Fsp3) is 0.632. The molecule has 0 spiro atoms. The molecule has 0 aliphatic heterocycles. The summed E-state index contributed by atoms with van der Waals surface area (Å²) in [5, 5.41) is 2.98. The molecular formula is C19H31FN2O3S. The smallest absolute Gasteiger partial charge is 0.244 e. The molecule has 1 aromatic rings. The van der Waals surface area contributed by atoms with E-state index in [9.17, 15) is 17.6 Å². The van der Waals surface area contributed by atoms with Crippen LogP contribution in [0, 0.1) is 11.2 Å². The van der Waals surface area contributed by atoms with Gasteiger partial charge < -0.3 is 5.32 Å². The van der Waals surface area contributed by atoms with Crippen LogP contribution in [0.5, 0.6) is 0 Å². The molecular weight excluding hydrogens is 355 g/mol. The van der Waals surface area contributed by atoms with Crippen LogP contribution in [0.3, 0.4) is 0 Å². The summed E-state index contributed by atoms with van der Waals surface area (Å²) < 4.78 is 39.0. The Balaban J connectivity index is 3.18. The second-order valence-electron chi connectivity index (χ2n) is 8.57. The van der Waals surface area contributed by atoms with Crippen LogP contribution in [0.15, 0.2) is 24.3 Å². The highest BCUT2D eigenvalue weighted by Gasteiger charge is 2.35. The van der Waals surface area contributed by atoms with Crippen molar-refractivity contribution in [2.75, 3.05) is 10.6 Å². The number of halogens is 1. The van der Waals surface area contributed by atoms with E-state index in [0.717, 1.165) is 17.0 Å². The number of benzene rings is 1. The maximum atomic E-state index is 13.2. The van der Waals surface area contributed by atoms with Crippen molar-refractivity contribution in [2.24, 2.45) is 5.41 Å². The fourth-order valence-corrected chi connectivity index (χ4v) is 4.65. The normalized spacial score (nSPS) is 14.0. The first kappa shape index (κ1) is 22.4. The molecule has 0 saturated heterocycles. The first-order chi connectivity index (χ1) is 11.7. The molecule has 0 aromatic heterocycles. The van der Waals surface area contributed by atoms with Crippen molar-refractivity contribution in [3.63, 3.8) is 0 Å². The molecule has 0 unspecified atom stereocenters. The fourth-order valence-electron chi connectivity index (χ4n) is 3.44. The van der Waals surface area contributed by atoms with E-state index in [0.29, 0.717) is 6.42 Å². The molecule has 0 fully saturated rings. The van der Waals surface area contributed by atoms with Gasteiger partial charge in [-0.3, -0.25) is 9.10 Å². The monoisotopic (exact) mass is 386 g/mol. The van der Waals surface area contributed by atoms with Crippen LogP contribution in [0.4, 0.5) is 10.1 Å². The molecule has 1 atom stereocenters. The predicted molar refractivity (Wildman–Crippen MR) is 104 cm³/mol. The van der Waals surface area contributed by atoms with Gasteiger partial charge >= 0.3 is 0 Å². The molecule has 0 radical (unpaired) electrons. The lowest BCUT2D eigenvalue weighted by atomic mass is 9.81. The third kappa shape index (κ3) is 6.59. The summed E-state index contributed by atoms with van der Waals surface area (Å²) in [5.41, 5.74) is -0.217. The Morgan fingerprint density at radius 1 is 1.15 bits per heavy atom. The van der Waals surface area contributed by atoms with Gasteiger partial charge in [0, 0.05) is 5.54 Å². The van der Waals surface area contributed by atoms with E-state index in [1.54, 1.807) is 6.92 Å². The largest absolute Gasteiger partial charge is 0.349 e. The summed E-state index contributed by atoms with van der Waals surface area (Å²) in [6, 6.07) is 4.19. The molecule has 5 nitrogen and oxygen atoms in total. The van der Waals surface area contributed by atoms with Crippen LogP contribution in [0.2, 0.25) is 0 Å². The van der Waals surface area contributed by atoms with Crippen molar-refractivity contribution in [2.45, 2.75) is 66.0 Å². The van der Waals surface area contributed by atoms with Crippen LogP contribution in [0.1, 0.15) is 54.4 Å². The summed E-state index contributed by atoms with van der Waals surface area (Å²) in [5.74, 6) is -0.831. The zero-order valence-electron chi connectivity index (χ0n) is 16.8. The second-order valence-corrected chi connectivity index (χ2v) is 10.4. The molecule has 0 aliphatic carbocycles. The first-order valence-corrected chi connectivity index (χ1v) is 10.6. The van der Waals surface area contributed by atoms with Gasteiger partial charge in [-0.2, -0.15) is 0 Å². The lowest BCUT2D eigenvalue weighted by molar-refractivity contribution is -0.124. The minimum absolute atomic E-state index is 0.00592. The third-order valence-corrected chi connectivity index (χ3v) is 5.02. The number of anilines is 1. The molecule has 26 heavy (non-hydrogen) atoms. The summed E-state index contributed by atoms with van der Waals surface area (Å²) >= 11 is 0. The molecule has 0 heterocycles. The van der Waals surface area contributed by atoms with E-state index in [1.807, 2.05) is 13.8 Å². The summed E-state index contributed by atoms with van der Waals surface area (Å²) in [6.45, 7) is 11.8. The first-order valence-electron chi connectivity index (χ1n) is 8.73. The molecule has 1 rings (SSSR count). The number of nitrogens with zero attached hydrogens (tertiary/aromatic N) is 1. The predicted octanol–water partition coefficient (Wildman–Crippen LogP) is 3.70. The highest BCUT2D eigenvalue weighted by Crippen LogP contribution is 2.28. The number of amides is 1. The van der Waals surface area contributed by atoms with Crippen molar-refractivity contribution in [1.82, 2.24) is 5.32 Å². The lowest BCUT2D eigenvalue weighted by Gasteiger charge is -2.36. The maximum Gasteiger partial charge on any atom is 0.244 e. The van der Waals surface area contributed by atoms with Gasteiger partial charge in [-0.05, 0) is 56.4 Å². The molecule has 1 aromatic carbocycles. The average Bonchev–Trinajstić information content (AvgIpc) is 2.41. The van der Waals surface area contributed by atoms with Crippen LogP contribution in [-0.2, 0) is 14.8 Å². The van der Waals surface area contributed by atoms with E-state index in [1.165, 1.54) is 24.3 Å². The Labute approximate surface area is 157 Å². The van der Waals surface area contributed by atoms with Gasteiger partial charge in [0.15, 0.2) is 0 Å². The van der Waals surface area contributed by atoms with Crippen molar-refractivity contribution in [3.8, 4) is 0 Å². The van der Waals surface area contributed by atoms with E-state index in [4.69, 9.17) is 0 Å². The van der Waals surface area contributed by atoms with Crippen LogP contribution in [0.25, 0.3) is 0 Å². The molecule has 148 valence electrons. The van der Waals surface area contributed by atoms with Crippen molar-refractivity contribution >= 4 is 21.6 Å². The number of carbonyl (C=O) groups excluding carboxylic acids is 1. The van der Waals surface area contributed by atoms with Gasteiger partial charge in [0.2, 0.25) is 15.9 Å². The highest BCUT2D eigenvalue weighted by molar-refractivity contribution is 7.92. The van der Waals surface area contributed by atoms with Gasteiger partial charge in [-0.25, -0.2) is 12.8 Å². The zero-order chi connectivity index (χ0) is 20.3. The van der Waals surface area contributed by atoms with E-state index in [2.05, 4.69) is 26.1 Å². The quantitative estimate of drug-likeness (QED) is 0.777. The Morgan fingerprint density at radius 2 is 1.65 bits per heavy atom. The van der Waals surface area contributed by atoms with Gasteiger partial charge in [-0.1, -0.05) is 27.7 Å². The van der Waals surface area contributed by atoms with Crippen molar-refractivity contribution < 1.29 is 17.6 Å². The SMILES string of the molecule is CC[C@@H](C(=O)NC(C)(C)CC(C)(C)C)N(c1ccc(F)cc1)S(C)(=O)=O. The third-order valence-electron chi connectivity index (χ3n) is 3.84. The van der Waals surface area contributed by atoms with E-state index >= 15 is 0 Å². The molecule has 0 aliphatic rings. The number of hydrogen-bond donors (Lipinski definition) is 1. The minimum atomic E-state index is -3.73. The van der Waals surface area contributed by atoms with Gasteiger partial charge in [0.25, 0.3) is 0 Å². The van der Waals surface area contributed by atoms with E-state index < -0.39 is 27.4 Å². The Morgan fingerprint density at radius 3 is 2.04 bits per heavy atom. The highest BCUT2D eigenvalue weighted by atomic mass is 32.2. The molecule has 0 bridgehead atoms. The van der Waals surface area contributed by atoms with E-state index in [-0.39, 0.29) is 17.0 Å². The van der Waals surface area contributed by atoms with Crippen molar-refractivity contribution in [1.29, 1.82) is 0 Å². The number of rotatable bonds is 7. The lowest BCUT2D eigenvalue weighted by Crippen LogP contribution is -2.55. The Hall–Kier alpha value is -1.63. The average molecular weight is 387 g/mol. The number of hydrogen-bond acceptors (Lipinski definition) is 3. The molecule has 7 heteroatoms. The standard InChI is InChI=1S/C19H31FN2O3S/c1-8-16(17(23)21-19(5,6)13-18(2,3)4)22(26(7,24)25)15-11-9-14(20)10-12-15/h9-12,16H,8,13H2,1-7H3,(H,21,23)/t16-/m0/s1. The van der Waals surface area contributed by atoms with Crippen molar-refractivity contribution in [3.05, 3.63) is 30.1 Å². The number of nitrogens with one attached hydrogen (secondary N) is 1. The van der Waals surface area contributed by atoms with Gasteiger partial charge in [-0.15, -0.1) is 0 Å². The summed E-state index contributed by atoms with van der Waals surface area (Å²) in [6.07, 6.45) is 2.08. The maximum absolute atomic E-state index is 13.2. The number of carbonyl (C=O) groups is 1. The zero-order valence-corrected chi connectivity index (χ0v) is 17.6. The minimum Gasteiger partial charge on any atom is -0.349 e. The molecule has 1 amide bonds. The van der Waals surface area contributed by atoms with Gasteiger partial charge in [0.05, 0.1) is 11.9 Å². The number of sulfonamides is 1. The topological polar surface area (TPSA) is 66.5 Å². The summed E-state index contributed by atoms with van der Waals surface area (Å²) in [4.78, 5) is 12.9. The second kappa shape index (κ2) is 7.94. The Bertz CT molecular complexity index is 722. The molecule has 0 saturated carbocycles. The van der Waals surface area contributed by atoms with Crippen LogP contribution in [-0.4, -0.2) is 32.2 Å². The van der Waals surface area contributed by atoms with Gasteiger partial charge in [0.1, 0.15) is 11.9 Å². The molecule has 1 N–H and O–H groups in total. The van der Waals surface area contributed by atoms with Crippen LogP contribution >= 0.6 is 0 Å². The Kier molecular flexibility index (Phi) is 6.85. The van der Waals surface area contributed by atoms with Crippen LogP contribution < -0.4 is 9.62 Å². The summed E-state index contributed by atoms with van der Waals surface area (Å²) in [7, 11) is -3.73.